The van der Waals surface area contributed by atoms with Crippen LogP contribution in [0.3, 0.4) is 0 Å². The summed E-state index contributed by atoms with van der Waals surface area (Å²) in [7, 11) is 0. The molecule has 0 radical (unpaired) electrons. The largest absolute Gasteiger partial charge is 0.441 e. The van der Waals surface area contributed by atoms with Crippen LogP contribution in [0.1, 0.15) is 37.8 Å². The maximum Gasteiger partial charge on any atom is 0.304 e. The number of hydrogen-bond donors (Lipinski definition) is 2. The Morgan fingerprint density at radius 1 is 1.26 bits per heavy atom. The summed E-state index contributed by atoms with van der Waals surface area (Å²) >= 11 is 3.44. The van der Waals surface area contributed by atoms with Gasteiger partial charge in [0.1, 0.15) is 0 Å². The molecule has 4 rings (SSSR count). The number of rotatable bonds is 8. The molecule has 3 atom stereocenters. The predicted molar refractivity (Wildman–Crippen MR) is 133 cm³/mol. The smallest absolute Gasteiger partial charge is 0.304 e. The number of benzene rings is 2. The second kappa shape index (κ2) is 9.93. The lowest BCUT2D eigenvalue weighted by molar-refractivity contribution is -0.153. The molecule has 8 nitrogen and oxygen atoms in total. The van der Waals surface area contributed by atoms with E-state index in [1.165, 1.54) is 11.8 Å². The van der Waals surface area contributed by atoms with Crippen LogP contribution in [-0.2, 0) is 31.3 Å². The molecule has 9 heteroatoms. The highest BCUT2D eigenvalue weighted by atomic mass is 79.9. The number of anilines is 2. The van der Waals surface area contributed by atoms with Gasteiger partial charge in [0.25, 0.3) is 5.91 Å². The number of carbonyl (C=O) groups excluding carboxylic acids is 3. The predicted octanol–water partition coefficient (Wildman–Crippen LogP) is 3.38. The maximum absolute atomic E-state index is 13.6. The number of β-lactam (4-membered cyclic amide) rings is 1. The van der Waals surface area contributed by atoms with Gasteiger partial charge in [-0.1, -0.05) is 47.1 Å². The molecule has 2 aromatic carbocycles. The van der Waals surface area contributed by atoms with Gasteiger partial charge in [0, 0.05) is 35.2 Å². The molecule has 0 spiro atoms. The number of hydrogen-bond acceptors (Lipinski definition) is 6. The number of ether oxygens (including phenoxy) is 1. The first-order chi connectivity index (χ1) is 16.7. The van der Waals surface area contributed by atoms with Crippen LogP contribution >= 0.6 is 15.9 Å². The summed E-state index contributed by atoms with van der Waals surface area (Å²) in [6, 6.07) is 12.5. The molecular weight excluding hydrogens is 516 g/mol. The van der Waals surface area contributed by atoms with Crippen molar-refractivity contribution in [2.24, 2.45) is 5.92 Å². The van der Waals surface area contributed by atoms with Gasteiger partial charge in [0.05, 0.1) is 18.7 Å². The summed E-state index contributed by atoms with van der Waals surface area (Å²) in [5.74, 6) is -1.53. The van der Waals surface area contributed by atoms with Crippen LogP contribution in [0.5, 0.6) is 0 Å². The minimum absolute atomic E-state index is 0.00942. The lowest BCUT2D eigenvalue weighted by atomic mass is 9.83. The normalized spacial score (nSPS) is 22.4. The van der Waals surface area contributed by atoms with Gasteiger partial charge in [-0.25, -0.2) is 0 Å². The van der Waals surface area contributed by atoms with E-state index in [0.29, 0.717) is 23.4 Å². The van der Waals surface area contributed by atoms with E-state index in [1.807, 2.05) is 6.07 Å². The van der Waals surface area contributed by atoms with E-state index < -0.39 is 29.6 Å². The molecule has 0 aromatic heterocycles. The van der Waals surface area contributed by atoms with Crippen molar-refractivity contribution < 1.29 is 29.3 Å². The van der Waals surface area contributed by atoms with Crippen LogP contribution in [0.15, 0.2) is 59.1 Å². The first kappa shape index (κ1) is 25.1. The lowest BCUT2D eigenvalue weighted by Gasteiger charge is -2.39. The quantitative estimate of drug-likeness (QED) is 0.301. The van der Waals surface area contributed by atoms with E-state index in [-0.39, 0.29) is 25.5 Å². The van der Waals surface area contributed by atoms with Crippen LogP contribution in [0, 0.1) is 5.92 Å². The van der Waals surface area contributed by atoms with Crippen LogP contribution in [0.25, 0.3) is 0 Å². The summed E-state index contributed by atoms with van der Waals surface area (Å²) in [4.78, 5) is 39.9. The Balaban J connectivity index is 1.58. The molecular formula is C26H27BrN2O6. The monoisotopic (exact) mass is 542 g/mol. The molecule has 0 saturated carbocycles. The van der Waals surface area contributed by atoms with Crippen molar-refractivity contribution in [2.45, 2.75) is 45.1 Å². The van der Waals surface area contributed by atoms with Gasteiger partial charge in [-0.15, -0.1) is 0 Å². The van der Waals surface area contributed by atoms with Crippen molar-refractivity contribution in [3.05, 3.63) is 70.2 Å². The second-order valence-corrected chi connectivity index (χ2v) is 9.66. The van der Waals surface area contributed by atoms with Crippen molar-refractivity contribution >= 4 is 45.1 Å². The lowest BCUT2D eigenvalue weighted by Crippen LogP contribution is -2.54. The molecule has 0 bridgehead atoms. The molecule has 35 heavy (non-hydrogen) atoms. The number of carbonyl (C=O) groups is 3. The molecule has 1 saturated heterocycles. The first-order valence-corrected chi connectivity index (χ1v) is 12.2. The van der Waals surface area contributed by atoms with E-state index >= 15 is 0 Å². The molecule has 2 amide bonds. The van der Waals surface area contributed by atoms with Crippen molar-refractivity contribution in [1.29, 1.82) is 0 Å². The van der Waals surface area contributed by atoms with Crippen molar-refractivity contribution in [1.82, 2.24) is 0 Å². The zero-order valence-corrected chi connectivity index (χ0v) is 21.1. The van der Waals surface area contributed by atoms with Crippen LogP contribution < -0.4 is 9.80 Å². The summed E-state index contributed by atoms with van der Waals surface area (Å²) in [6.45, 7) is 3.30. The van der Waals surface area contributed by atoms with E-state index in [4.69, 9.17) is 9.84 Å². The van der Waals surface area contributed by atoms with Gasteiger partial charge in [0.15, 0.2) is 11.8 Å². The molecule has 184 valence electrons. The highest BCUT2D eigenvalue weighted by Gasteiger charge is 2.52. The summed E-state index contributed by atoms with van der Waals surface area (Å²) in [6.07, 6.45) is 3.50. The number of aliphatic hydroxyl groups is 2. The van der Waals surface area contributed by atoms with Gasteiger partial charge in [-0.2, -0.15) is 0 Å². The first-order valence-electron chi connectivity index (χ1n) is 11.4. The minimum Gasteiger partial charge on any atom is -0.441 e. The Labute approximate surface area is 211 Å². The third-order valence-electron chi connectivity index (χ3n) is 6.37. The average Bonchev–Trinajstić information content (AvgIpc) is 3.02. The van der Waals surface area contributed by atoms with Gasteiger partial charge >= 0.3 is 5.97 Å². The van der Waals surface area contributed by atoms with Gasteiger partial charge in [0.2, 0.25) is 5.91 Å². The van der Waals surface area contributed by atoms with Gasteiger partial charge < -0.3 is 19.8 Å². The molecule has 2 aromatic rings. The molecule has 1 fully saturated rings. The average molecular weight is 543 g/mol. The van der Waals surface area contributed by atoms with E-state index in [0.717, 1.165) is 10.0 Å². The summed E-state index contributed by atoms with van der Waals surface area (Å²) < 4.78 is 5.92. The number of amides is 2. The van der Waals surface area contributed by atoms with Crippen LogP contribution in [-0.4, -0.2) is 40.8 Å². The highest BCUT2D eigenvalue weighted by Crippen LogP contribution is 2.46. The van der Waals surface area contributed by atoms with Crippen molar-refractivity contribution in [3.63, 3.8) is 0 Å². The number of halogens is 1. The zero-order chi connectivity index (χ0) is 25.3. The zero-order valence-electron chi connectivity index (χ0n) is 19.5. The number of nitrogens with zero attached hydrogens (tertiary/aromatic N) is 2. The van der Waals surface area contributed by atoms with Crippen LogP contribution in [0.2, 0.25) is 0 Å². The molecule has 2 heterocycles. The third-order valence-corrected chi connectivity index (χ3v) is 6.87. The Kier molecular flexibility index (Phi) is 7.12. The standard InChI is InChI=1S/C26H27BrN2O6/c1-16(5-3-4-12-30)26(34)21-13-19(27)8-11-22(21)28(25(26)33)15-18-6-9-20(10-7-18)29-23(32)14-24(29)35-17(2)31/h3,5-11,13,16,24,30,34H,4,12,14-15H2,1-2H3/b5-3+/t16-,24?,26+/m1/s1. The second-order valence-electron chi connectivity index (χ2n) is 8.75. The van der Waals surface area contributed by atoms with Gasteiger partial charge in [-0.3, -0.25) is 19.3 Å². The molecule has 2 aliphatic rings. The van der Waals surface area contributed by atoms with Crippen LogP contribution in [0.4, 0.5) is 11.4 Å². The van der Waals surface area contributed by atoms with E-state index in [2.05, 4.69) is 15.9 Å². The van der Waals surface area contributed by atoms with E-state index in [1.54, 1.807) is 60.4 Å². The fraction of sp³-hybridized carbons (Fsp3) is 0.346. The number of fused-ring (bicyclic) bond motifs is 1. The Morgan fingerprint density at radius 2 is 1.97 bits per heavy atom. The van der Waals surface area contributed by atoms with Crippen molar-refractivity contribution in [2.75, 3.05) is 16.4 Å². The van der Waals surface area contributed by atoms with Crippen molar-refractivity contribution in [3.8, 4) is 0 Å². The molecule has 1 unspecified atom stereocenters. The molecule has 2 N–H and O–H groups in total. The van der Waals surface area contributed by atoms with E-state index in [9.17, 15) is 19.5 Å². The Hall–Kier alpha value is -3.01. The number of aliphatic hydroxyl groups excluding tert-OH is 1. The minimum atomic E-state index is -1.74. The maximum atomic E-state index is 13.6. The Morgan fingerprint density at radius 3 is 2.60 bits per heavy atom. The summed E-state index contributed by atoms with van der Waals surface area (Å²) in [5, 5.41) is 20.7. The fourth-order valence-electron chi connectivity index (χ4n) is 4.52. The van der Waals surface area contributed by atoms with Gasteiger partial charge in [-0.05, 0) is 42.3 Å². The fourth-order valence-corrected chi connectivity index (χ4v) is 4.88. The summed E-state index contributed by atoms with van der Waals surface area (Å²) in [5.41, 5.74) is 0.810. The topological polar surface area (TPSA) is 107 Å². The number of esters is 1. The molecule has 2 aliphatic heterocycles. The highest BCUT2D eigenvalue weighted by molar-refractivity contribution is 9.10. The Bertz CT molecular complexity index is 1180. The molecule has 0 aliphatic carbocycles. The third kappa shape index (κ3) is 4.63. The SMILES string of the molecule is CC(=O)OC1CC(=O)N1c1ccc(CN2C(=O)[C@](O)([C@H](C)/C=C/CCO)c3cc(Br)ccc32)cc1.